The summed E-state index contributed by atoms with van der Waals surface area (Å²) < 4.78 is 14.3. The number of methoxy groups -OCH3 is 1. The van der Waals surface area contributed by atoms with Gasteiger partial charge in [0, 0.05) is 19.2 Å². The van der Waals surface area contributed by atoms with Crippen LogP contribution in [0.15, 0.2) is 18.2 Å². The Bertz CT molecular complexity index is 1420. The molecule has 14 nitrogen and oxygen atoms in total. The van der Waals surface area contributed by atoms with Crippen LogP contribution in [0.5, 0.6) is 5.75 Å². The molecule has 0 aliphatic rings. The maximum atomic E-state index is 12.9. The van der Waals surface area contributed by atoms with E-state index < -0.39 is 17.6 Å². The first-order chi connectivity index (χ1) is 18.8. The number of nitrogens with one attached hydrogen (secondary N) is 3. The number of aromatic nitrogens is 4. The van der Waals surface area contributed by atoms with E-state index in [2.05, 4.69) is 25.9 Å². The van der Waals surface area contributed by atoms with Gasteiger partial charge < -0.3 is 36.9 Å². The molecule has 0 atom stereocenters. The predicted octanol–water partition coefficient (Wildman–Crippen LogP) is 1.14. The van der Waals surface area contributed by atoms with Gasteiger partial charge in [0.15, 0.2) is 40.1 Å². The van der Waals surface area contributed by atoms with Crippen LogP contribution in [0.1, 0.15) is 44.0 Å². The van der Waals surface area contributed by atoms with Crippen molar-refractivity contribution in [1.82, 2.24) is 30.5 Å². The summed E-state index contributed by atoms with van der Waals surface area (Å²) in [5.74, 6) is 0.124. The lowest BCUT2D eigenvalue weighted by Gasteiger charge is -2.19. The van der Waals surface area contributed by atoms with Crippen molar-refractivity contribution < 1.29 is 28.4 Å². The van der Waals surface area contributed by atoms with Crippen molar-refractivity contribution in [2.75, 3.05) is 31.7 Å². The summed E-state index contributed by atoms with van der Waals surface area (Å²) in [4.78, 5) is 45.5. The van der Waals surface area contributed by atoms with E-state index in [-0.39, 0.29) is 54.6 Å². The van der Waals surface area contributed by atoms with Crippen LogP contribution in [0, 0.1) is 0 Å². The molecule has 0 saturated heterocycles. The Balaban J connectivity index is 1.81. The largest absolute Gasteiger partial charge is 0.497 e. The van der Waals surface area contributed by atoms with Crippen LogP contribution in [0.4, 0.5) is 16.4 Å². The van der Waals surface area contributed by atoms with Crippen molar-refractivity contribution in [2.24, 2.45) is 0 Å². The summed E-state index contributed by atoms with van der Waals surface area (Å²) in [6.07, 6.45) is -0.568. The first-order valence-corrected chi connectivity index (χ1v) is 12.9. The molecule has 3 aromatic rings. The molecule has 3 rings (SSSR count). The van der Waals surface area contributed by atoms with Gasteiger partial charge in [-0.3, -0.25) is 9.59 Å². The molecule has 2 heterocycles. The van der Waals surface area contributed by atoms with Gasteiger partial charge in [-0.05, 0) is 39.8 Å². The number of alkyl carbamates (subject to hydrolysis) is 1. The van der Waals surface area contributed by atoms with Gasteiger partial charge in [0.05, 0.1) is 13.7 Å². The topological polar surface area (TPSA) is 192 Å². The second-order valence-corrected chi connectivity index (χ2v) is 10.1. The Morgan fingerprint density at radius 1 is 1.07 bits per heavy atom. The fourth-order valence-corrected chi connectivity index (χ4v) is 4.08. The summed E-state index contributed by atoms with van der Waals surface area (Å²) in [6, 6.07) is 5.48. The lowest BCUT2D eigenvalue weighted by molar-refractivity contribution is -0.667. The van der Waals surface area contributed by atoms with E-state index in [1.54, 1.807) is 38.5 Å². The molecular formula is C25H35ClN9O5+. The SMILES string of the molecule is CCn1c(CNC(=O)c2nc(Cl)c(N)nc2N)[n+](CC(=O)NCCNC(=O)OC(C)(C)C)c2ccc(OC)cc21. The van der Waals surface area contributed by atoms with Crippen molar-refractivity contribution in [3.8, 4) is 5.75 Å². The lowest BCUT2D eigenvalue weighted by atomic mass is 10.2. The third kappa shape index (κ3) is 7.40. The summed E-state index contributed by atoms with van der Waals surface area (Å²) in [6.45, 7) is 8.14. The number of nitrogens with zero attached hydrogens (tertiary/aromatic N) is 4. The van der Waals surface area contributed by atoms with Gasteiger partial charge in [-0.2, -0.15) is 0 Å². The highest BCUT2D eigenvalue weighted by atomic mass is 35.5. The standard InChI is InChI=1S/C25H34ClN9O5/c1-6-34-16-11-14(39-5)7-8-15(16)35(13-17(36)29-9-10-30-24(38)40-25(2,3)4)18(34)12-31-23(37)19-21(27)33-22(28)20(26)32-19/h7-8,11H,6,9-10,12-13H2,1-5H3,(H6-,27,28,29,30,31,33,36,37,38)/p+1. The number of carbonyl (C=O) groups excluding carboxylic acids is 3. The van der Waals surface area contributed by atoms with E-state index in [1.165, 1.54) is 0 Å². The van der Waals surface area contributed by atoms with Gasteiger partial charge >= 0.3 is 6.09 Å². The highest BCUT2D eigenvalue weighted by Crippen LogP contribution is 2.22. The molecule has 40 heavy (non-hydrogen) atoms. The molecule has 1 aromatic carbocycles. The number of hydrogen-bond acceptors (Lipinski definition) is 9. The average molecular weight is 577 g/mol. The van der Waals surface area contributed by atoms with E-state index in [4.69, 9.17) is 32.5 Å². The maximum Gasteiger partial charge on any atom is 0.407 e. The van der Waals surface area contributed by atoms with E-state index in [0.29, 0.717) is 18.1 Å². The number of rotatable bonds is 10. The highest BCUT2D eigenvalue weighted by Gasteiger charge is 2.27. The third-order valence-electron chi connectivity index (χ3n) is 5.65. The van der Waals surface area contributed by atoms with Crippen LogP contribution in [0.2, 0.25) is 5.15 Å². The van der Waals surface area contributed by atoms with E-state index in [1.807, 2.05) is 23.6 Å². The quantitative estimate of drug-likeness (QED) is 0.174. The van der Waals surface area contributed by atoms with Gasteiger partial charge in [0.25, 0.3) is 17.6 Å². The molecule has 2 aromatic heterocycles. The molecule has 0 aliphatic carbocycles. The molecule has 0 fully saturated rings. The number of anilines is 2. The lowest BCUT2D eigenvalue weighted by Crippen LogP contribution is -2.48. The first-order valence-electron chi connectivity index (χ1n) is 12.5. The van der Waals surface area contributed by atoms with Gasteiger partial charge in [0.2, 0.25) is 0 Å². The number of benzene rings is 1. The average Bonchev–Trinajstić information content (AvgIpc) is 3.17. The van der Waals surface area contributed by atoms with Crippen LogP contribution in [0.3, 0.4) is 0 Å². The van der Waals surface area contributed by atoms with Crippen molar-refractivity contribution in [1.29, 1.82) is 0 Å². The molecule has 216 valence electrons. The van der Waals surface area contributed by atoms with Gasteiger partial charge in [-0.25, -0.2) is 23.9 Å². The smallest absolute Gasteiger partial charge is 0.407 e. The molecule has 7 N–H and O–H groups in total. The Kier molecular flexibility index (Phi) is 9.58. The van der Waals surface area contributed by atoms with Crippen molar-refractivity contribution in [2.45, 2.75) is 52.9 Å². The van der Waals surface area contributed by atoms with E-state index in [0.717, 1.165) is 11.0 Å². The van der Waals surface area contributed by atoms with E-state index in [9.17, 15) is 14.4 Å². The fourth-order valence-electron chi connectivity index (χ4n) is 3.95. The van der Waals surface area contributed by atoms with Crippen LogP contribution < -0.4 is 36.7 Å². The maximum absolute atomic E-state index is 12.9. The number of imidazole rings is 1. The van der Waals surface area contributed by atoms with Crippen LogP contribution in [-0.2, 0) is 29.2 Å². The number of halogens is 1. The van der Waals surface area contributed by atoms with Crippen LogP contribution >= 0.6 is 11.6 Å². The fraction of sp³-hybridized carbons (Fsp3) is 0.440. The normalized spacial score (nSPS) is 11.2. The third-order valence-corrected chi connectivity index (χ3v) is 5.93. The molecule has 0 unspecified atom stereocenters. The molecule has 0 aliphatic heterocycles. The number of nitrogen functional groups attached to an aromatic ring is 2. The Morgan fingerprint density at radius 2 is 1.77 bits per heavy atom. The second-order valence-electron chi connectivity index (χ2n) is 9.70. The molecule has 0 spiro atoms. The van der Waals surface area contributed by atoms with Crippen LogP contribution in [-0.4, -0.2) is 58.2 Å². The molecule has 3 amide bonds. The van der Waals surface area contributed by atoms with E-state index >= 15 is 0 Å². The number of ether oxygens (including phenoxy) is 2. The van der Waals surface area contributed by atoms with Gasteiger partial charge in [0.1, 0.15) is 17.9 Å². The zero-order valence-electron chi connectivity index (χ0n) is 23.1. The number of carbonyl (C=O) groups is 3. The van der Waals surface area contributed by atoms with Crippen molar-refractivity contribution in [3.05, 3.63) is 34.9 Å². The van der Waals surface area contributed by atoms with Crippen LogP contribution in [0.25, 0.3) is 11.0 Å². The minimum Gasteiger partial charge on any atom is -0.497 e. The van der Waals surface area contributed by atoms with Crippen molar-refractivity contribution in [3.63, 3.8) is 0 Å². The Morgan fingerprint density at radius 3 is 2.42 bits per heavy atom. The monoisotopic (exact) mass is 576 g/mol. The molecule has 0 bridgehead atoms. The number of hydrogen-bond donors (Lipinski definition) is 5. The summed E-state index contributed by atoms with van der Waals surface area (Å²) >= 11 is 5.93. The second kappa shape index (κ2) is 12.7. The highest BCUT2D eigenvalue weighted by molar-refractivity contribution is 6.31. The Labute approximate surface area is 236 Å². The zero-order valence-corrected chi connectivity index (χ0v) is 23.9. The number of fused-ring (bicyclic) bond motifs is 1. The molecule has 0 radical (unpaired) electrons. The number of aryl methyl sites for hydroxylation is 1. The summed E-state index contributed by atoms with van der Waals surface area (Å²) in [5, 5.41) is 8.03. The zero-order chi connectivity index (χ0) is 29.6. The Hall–Kier alpha value is -4.33. The number of nitrogens with two attached hydrogens (primary N) is 2. The number of amides is 3. The minimum atomic E-state index is -0.621. The predicted molar refractivity (Wildman–Crippen MR) is 149 cm³/mol. The first kappa shape index (κ1) is 30.2. The summed E-state index contributed by atoms with van der Waals surface area (Å²) in [7, 11) is 1.57. The molecular weight excluding hydrogens is 542 g/mol. The van der Waals surface area contributed by atoms with Crippen molar-refractivity contribution >= 4 is 52.2 Å². The van der Waals surface area contributed by atoms with Gasteiger partial charge in [-0.15, -0.1) is 0 Å². The molecule has 0 saturated carbocycles. The van der Waals surface area contributed by atoms with Gasteiger partial charge in [-0.1, -0.05) is 11.6 Å². The minimum absolute atomic E-state index is 0.0280. The summed E-state index contributed by atoms with van der Waals surface area (Å²) in [5.41, 5.74) is 12.2. The molecule has 15 heteroatoms.